The largest absolute Gasteiger partial charge is 0.330 e. The van der Waals surface area contributed by atoms with E-state index >= 15 is 0 Å². The molecule has 2 N–H and O–H groups in total. The van der Waals surface area contributed by atoms with Crippen LogP contribution in [0.3, 0.4) is 0 Å². The zero-order valence-corrected chi connectivity index (χ0v) is 10.9. The van der Waals surface area contributed by atoms with Crippen molar-refractivity contribution in [2.45, 2.75) is 32.2 Å². The van der Waals surface area contributed by atoms with Crippen LogP contribution in [0, 0.1) is 11.8 Å². The van der Waals surface area contributed by atoms with Gasteiger partial charge in [0.15, 0.2) is 0 Å². The highest BCUT2D eigenvalue weighted by Gasteiger charge is 2.29. The van der Waals surface area contributed by atoms with Gasteiger partial charge in [-0.15, -0.1) is 0 Å². The molecule has 3 heteroatoms. The van der Waals surface area contributed by atoms with E-state index in [1.165, 1.54) is 45.4 Å². The molecule has 2 rings (SSSR count). The molecule has 0 aromatic heterocycles. The van der Waals surface area contributed by atoms with E-state index in [1.54, 1.807) is 0 Å². The van der Waals surface area contributed by atoms with Crippen molar-refractivity contribution in [1.82, 2.24) is 9.80 Å². The molecule has 0 spiro atoms. The molecule has 3 nitrogen and oxygen atoms in total. The molecule has 3 atom stereocenters. The van der Waals surface area contributed by atoms with Crippen molar-refractivity contribution >= 4 is 0 Å². The van der Waals surface area contributed by atoms with E-state index in [9.17, 15) is 0 Å². The SMILES string of the molecule is CC1CN(CC2CCCC2CN)CCN1C. The molecule has 0 bridgehead atoms. The van der Waals surface area contributed by atoms with Crippen molar-refractivity contribution in [2.75, 3.05) is 39.8 Å². The van der Waals surface area contributed by atoms with Crippen LogP contribution in [-0.4, -0.2) is 55.6 Å². The molecule has 2 aliphatic rings. The second-order valence-corrected chi connectivity index (χ2v) is 5.78. The normalized spacial score (nSPS) is 38.1. The molecule has 1 saturated carbocycles. The van der Waals surface area contributed by atoms with Crippen molar-refractivity contribution in [1.29, 1.82) is 0 Å². The standard InChI is InChI=1S/C13H27N3/c1-11-9-16(7-6-15(11)2)10-13-5-3-4-12(13)8-14/h11-13H,3-10,14H2,1-2H3. The summed E-state index contributed by atoms with van der Waals surface area (Å²) in [4.78, 5) is 5.12. The van der Waals surface area contributed by atoms with E-state index in [4.69, 9.17) is 5.73 Å². The fraction of sp³-hybridized carbons (Fsp3) is 1.00. The summed E-state index contributed by atoms with van der Waals surface area (Å²) in [5, 5.41) is 0. The fourth-order valence-electron chi connectivity index (χ4n) is 3.29. The van der Waals surface area contributed by atoms with E-state index in [0.717, 1.165) is 18.4 Å². The number of nitrogens with zero attached hydrogens (tertiary/aromatic N) is 2. The average molecular weight is 225 g/mol. The topological polar surface area (TPSA) is 32.5 Å². The zero-order chi connectivity index (χ0) is 11.5. The van der Waals surface area contributed by atoms with Crippen LogP contribution in [0.15, 0.2) is 0 Å². The first kappa shape index (κ1) is 12.3. The predicted octanol–water partition coefficient (Wildman–Crippen LogP) is 0.997. The lowest BCUT2D eigenvalue weighted by molar-refractivity contribution is 0.0868. The Morgan fingerprint density at radius 2 is 1.94 bits per heavy atom. The van der Waals surface area contributed by atoms with E-state index in [2.05, 4.69) is 23.8 Å². The number of hydrogen-bond acceptors (Lipinski definition) is 3. The number of rotatable bonds is 3. The van der Waals surface area contributed by atoms with Gasteiger partial charge in [-0.05, 0) is 45.2 Å². The van der Waals surface area contributed by atoms with Gasteiger partial charge in [0, 0.05) is 32.2 Å². The maximum Gasteiger partial charge on any atom is 0.0192 e. The Kier molecular flexibility index (Phi) is 4.22. The molecular formula is C13H27N3. The van der Waals surface area contributed by atoms with Gasteiger partial charge in [0.1, 0.15) is 0 Å². The van der Waals surface area contributed by atoms with Crippen LogP contribution in [0.5, 0.6) is 0 Å². The number of likely N-dealkylation sites (N-methyl/N-ethyl adjacent to an activating group) is 1. The van der Waals surface area contributed by atoms with Crippen molar-refractivity contribution in [2.24, 2.45) is 17.6 Å². The first-order valence-corrected chi connectivity index (χ1v) is 6.83. The third-order valence-corrected chi connectivity index (χ3v) is 4.66. The minimum atomic E-state index is 0.714. The smallest absolute Gasteiger partial charge is 0.0192 e. The Labute approximate surface area is 100.0 Å². The van der Waals surface area contributed by atoms with Crippen LogP contribution < -0.4 is 5.73 Å². The van der Waals surface area contributed by atoms with Crippen LogP contribution in [0.4, 0.5) is 0 Å². The molecule has 0 aromatic carbocycles. The second kappa shape index (κ2) is 5.48. The van der Waals surface area contributed by atoms with E-state index < -0.39 is 0 Å². The van der Waals surface area contributed by atoms with Gasteiger partial charge in [0.25, 0.3) is 0 Å². The van der Waals surface area contributed by atoms with Gasteiger partial charge in [-0.25, -0.2) is 0 Å². The fourth-order valence-corrected chi connectivity index (χ4v) is 3.29. The van der Waals surface area contributed by atoms with Gasteiger partial charge in [0.05, 0.1) is 0 Å². The molecule has 1 aliphatic carbocycles. The van der Waals surface area contributed by atoms with Gasteiger partial charge in [-0.3, -0.25) is 0 Å². The molecule has 1 saturated heterocycles. The zero-order valence-electron chi connectivity index (χ0n) is 10.9. The minimum absolute atomic E-state index is 0.714. The van der Waals surface area contributed by atoms with Gasteiger partial charge in [0.2, 0.25) is 0 Å². The summed E-state index contributed by atoms with van der Waals surface area (Å²) in [5.41, 5.74) is 5.85. The first-order chi connectivity index (χ1) is 7.70. The molecule has 1 heterocycles. The minimum Gasteiger partial charge on any atom is -0.330 e. The molecule has 16 heavy (non-hydrogen) atoms. The van der Waals surface area contributed by atoms with Gasteiger partial charge in [-0.1, -0.05) is 6.42 Å². The highest BCUT2D eigenvalue weighted by molar-refractivity contribution is 4.84. The van der Waals surface area contributed by atoms with Gasteiger partial charge < -0.3 is 15.5 Å². The molecule has 0 aromatic rings. The molecule has 1 aliphatic heterocycles. The van der Waals surface area contributed by atoms with E-state index in [1.807, 2.05) is 0 Å². The van der Waals surface area contributed by atoms with Gasteiger partial charge in [-0.2, -0.15) is 0 Å². The summed E-state index contributed by atoms with van der Waals surface area (Å²) in [6, 6.07) is 0.714. The van der Waals surface area contributed by atoms with Crippen LogP contribution in [0.25, 0.3) is 0 Å². The molecule has 0 amide bonds. The van der Waals surface area contributed by atoms with Crippen LogP contribution in [0.2, 0.25) is 0 Å². The van der Waals surface area contributed by atoms with Crippen molar-refractivity contribution < 1.29 is 0 Å². The van der Waals surface area contributed by atoms with Crippen molar-refractivity contribution in [3.8, 4) is 0 Å². The van der Waals surface area contributed by atoms with E-state index in [-0.39, 0.29) is 0 Å². The summed E-state index contributed by atoms with van der Waals surface area (Å²) in [5.74, 6) is 1.68. The molecule has 3 unspecified atom stereocenters. The Morgan fingerprint density at radius 3 is 2.62 bits per heavy atom. The summed E-state index contributed by atoms with van der Waals surface area (Å²) >= 11 is 0. The Balaban J connectivity index is 1.81. The third-order valence-electron chi connectivity index (χ3n) is 4.66. The van der Waals surface area contributed by atoms with Gasteiger partial charge >= 0.3 is 0 Å². The lowest BCUT2D eigenvalue weighted by Crippen LogP contribution is -2.51. The van der Waals surface area contributed by atoms with Crippen molar-refractivity contribution in [3.63, 3.8) is 0 Å². The van der Waals surface area contributed by atoms with Crippen LogP contribution in [0.1, 0.15) is 26.2 Å². The van der Waals surface area contributed by atoms with E-state index in [0.29, 0.717) is 6.04 Å². The second-order valence-electron chi connectivity index (χ2n) is 5.78. The highest BCUT2D eigenvalue weighted by atomic mass is 15.3. The van der Waals surface area contributed by atoms with Crippen LogP contribution in [-0.2, 0) is 0 Å². The summed E-state index contributed by atoms with van der Waals surface area (Å²) in [7, 11) is 2.24. The summed E-state index contributed by atoms with van der Waals surface area (Å²) in [6.45, 7) is 8.23. The van der Waals surface area contributed by atoms with Crippen LogP contribution >= 0.6 is 0 Å². The summed E-state index contributed by atoms with van der Waals surface area (Å²) < 4.78 is 0. The summed E-state index contributed by atoms with van der Waals surface area (Å²) in [6.07, 6.45) is 4.17. The maximum absolute atomic E-state index is 5.85. The number of piperazine rings is 1. The number of hydrogen-bond donors (Lipinski definition) is 1. The highest BCUT2D eigenvalue weighted by Crippen LogP contribution is 2.31. The first-order valence-electron chi connectivity index (χ1n) is 6.83. The molecular weight excluding hydrogens is 198 g/mol. The lowest BCUT2D eigenvalue weighted by atomic mass is 9.95. The Morgan fingerprint density at radius 1 is 1.19 bits per heavy atom. The maximum atomic E-state index is 5.85. The molecule has 0 radical (unpaired) electrons. The van der Waals surface area contributed by atoms with Crippen molar-refractivity contribution in [3.05, 3.63) is 0 Å². The quantitative estimate of drug-likeness (QED) is 0.778. The molecule has 94 valence electrons. The predicted molar refractivity (Wildman–Crippen MR) is 68.4 cm³/mol. The third kappa shape index (κ3) is 2.76. The Hall–Kier alpha value is -0.120. The number of nitrogens with two attached hydrogens (primary N) is 1. The lowest BCUT2D eigenvalue weighted by Gasteiger charge is -2.39. The average Bonchev–Trinajstić information content (AvgIpc) is 2.71. The molecule has 2 fully saturated rings. The monoisotopic (exact) mass is 225 g/mol. The Bertz CT molecular complexity index is 219.